The Kier molecular flexibility index (Phi) is 4.81. The Labute approximate surface area is 119 Å². The fourth-order valence-electron chi connectivity index (χ4n) is 1.93. The Hall–Kier alpha value is -2.24. The molecule has 5 heteroatoms. The van der Waals surface area contributed by atoms with Crippen LogP contribution in [0, 0.1) is 10.1 Å². The highest BCUT2D eigenvalue weighted by molar-refractivity contribution is 6.72. The van der Waals surface area contributed by atoms with Crippen LogP contribution >= 0.6 is 0 Å². The first-order valence-electron chi connectivity index (χ1n) is 6.23. The summed E-state index contributed by atoms with van der Waals surface area (Å²) in [7, 11) is -1.75. The summed E-state index contributed by atoms with van der Waals surface area (Å²) in [6, 6.07) is 16.5. The summed E-state index contributed by atoms with van der Waals surface area (Å²) in [5.74, 6) is 0. The van der Waals surface area contributed by atoms with Gasteiger partial charge in [0, 0.05) is 6.07 Å². The minimum absolute atomic E-state index is 0.0948. The molecule has 0 heterocycles. The molecule has 20 heavy (non-hydrogen) atoms. The average molecular weight is 285 g/mol. The Morgan fingerprint density at radius 2 is 1.80 bits per heavy atom. The van der Waals surface area contributed by atoms with Crippen molar-refractivity contribution in [3.63, 3.8) is 0 Å². The van der Waals surface area contributed by atoms with Crippen molar-refractivity contribution in [1.29, 1.82) is 0 Å². The van der Waals surface area contributed by atoms with E-state index in [2.05, 4.69) is 6.58 Å². The first kappa shape index (κ1) is 14.2. The van der Waals surface area contributed by atoms with Crippen LogP contribution in [0.25, 0.3) is 0 Å². The lowest BCUT2D eigenvalue weighted by Crippen LogP contribution is -2.31. The number of rotatable bonds is 6. The smallest absolute Gasteiger partial charge is 0.274 e. The number of nitrogens with zero attached hydrogens (tertiary/aromatic N) is 1. The summed E-state index contributed by atoms with van der Waals surface area (Å²) in [5.41, 5.74) is 2.51. The fraction of sp³-hybridized carbons (Fsp3) is 0.0667. The molecule has 102 valence electrons. The summed E-state index contributed by atoms with van der Waals surface area (Å²) in [6.45, 7) is 4.04. The molecule has 1 unspecified atom stereocenters. The third-order valence-corrected chi connectivity index (χ3v) is 4.94. The molecule has 0 fully saturated rings. The van der Waals surface area contributed by atoms with Crippen LogP contribution in [0.4, 0.5) is 5.69 Å². The van der Waals surface area contributed by atoms with E-state index in [1.807, 2.05) is 36.0 Å². The van der Waals surface area contributed by atoms with E-state index in [1.54, 1.807) is 18.2 Å². The van der Waals surface area contributed by atoms with E-state index in [4.69, 9.17) is 4.43 Å². The number of nitro benzene ring substituents is 1. The zero-order valence-corrected chi connectivity index (χ0v) is 12.1. The topological polar surface area (TPSA) is 52.4 Å². The highest BCUT2D eigenvalue weighted by Gasteiger charge is 2.15. The van der Waals surface area contributed by atoms with Gasteiger partial charge >= 0.3 is 0 Å². The molecule has 0 radical (unpaired) electrons. The van der Waals surface area contributed by atoms with Crippen LogP contribution in [0.3, 0.4) is 0 Å². The Bertz CT molecular complexity index is 601. The van der Waals surface area contributed by atoms with Gasteiger partial charge in [-0.1, -0.05) is 48.2 Å². The van der Waals surface area contributed by atoms with E-state index >= 15 is 0 Å². The SMILES string of the molecule is C=C[SiH](OCc1ccccc1[N+](=O)[O-])c1ccccc1. The molecule has 2 rings (SSSR count). The molecule has 4 nitrogen and oxygen atoms in total. The Balaban J connectivity index is 2.12. The predicted molar refractivity (Wildman–Crippen MR) is 81.3 cm³/mol. The second-order valence-corrected chi connectivity index (χ2v) is 6.58. The molecular weight excluding hydrogens is 270 g/mol. The largest absolute Gasteiger partial charge is 0.407 e. The highest BCUT2D eigenvalue weighted by Crippen LogP contribution is 2.18. The lowest BCUT2D eigenvalue weighted by Gasteiger charge is -2.12. The molecule has 2 aromatic carbocycles. The van der Waals surface area contributed by atoms with Gasteiger partial charge in [-0.2, -0.15) is 0 Å². The Morgan fingerprint density at radius 3 is 2.45 bits per heavy atom. The van der Waals surface area contributed by atoms with Crippen molar-refractivity contribution in [3.8, 4) is 0 Å². The third-order valence-electron chi connectivity index (χ3n) is 2.95. The molecule has 0 spiro atoms. The van der Waals surface area contributed by atoms with Crippen molar-refractivity contribution < 1.29 is 9.35 Å². The molecule has 0 N–H and O–H groups in total. The van der Waals surface area contributed by atoms with E-state index < -0.39 is 9.04 Å². The van der Waals surface area contributed by atoms with E-state index in [9.17, 15) is 10.1 Å². The molecule has 0 aliphatic carbocycles. The minimum atomic E-state index is -1.75. The van der Waals surface area contributed by atoms with Crippen LogP contribution in [-0.2, 0) is 11.0 Å². The van der Waals surface area contributed by atoms with Crippen molar-refractivity contribution in [2.75, 3.05) is 0 Å². The van der Waals surface area contributed by atoms with Crippen molar-refractivity contribution in [3.05, 3.63) is 82.6 Å². The monoisotopic (exact) mass is 285 g/mol. The summed E-state index contributed by atoms with van der Waals surface area (Å²) in [6.07, 6.45) is 0. The Morgan fingerprint density at radius 1 is 1.15 bits per heavy atom. The van der Waals surface area contributed by atoms with Crippen molar-refractivity contribution in [2.24, 2.45) is 0 Å². The first-order chi connectivity index (χ1) is 9.72. The molecule has 0 aliphatic heterocycles. The molecule has 0 aliphatic rings. The van der Waals surface area contributed by atoms with Gasteiger partial charge in [-0.25, -0.2) is 0 Å². The van der Waals surface area contributed by atoms with Crippen LogP contribution in [0.15, 0.2) is 66.9 Å². The van der Waals surface area contributed by atoms with Crippen molar-refractivity contribution >= 4 is 19.9 Å². The average Bonchev–Trinajstić information content (AvgIpc) is 2.49. The maximum Gasteiger partial charge on any atom is 0.274 e. The van der Waals surface area contributed by atoms with Crippen molar-refractivity contribution in [1.82, 2.24) is 0 Å². The van der Waals surface area contributed by atoms with Gasteiger partial charge in [-0.05, 0) is 11.3 Å². The highest BCUT2D eigenvalue weighted by atomic mass is 28.3. The van der Waals surface area contributed by atoms with Gasteiger partial charge in [0.15, 0.2) is 0 Å². The lowest BCUT2D eigenvalue weighted by atomic mass is 10.2. The maximum absolute atomic E-state index is 10.9. The van der Waals surface area contributed by atoms with Gasteiger partial charge in [-0.15, -0.1) is 6.58 Å². The minimum Gasteiger partial charge on any atom is -0.407 e. The van der Waals surface area contributed by atoms with Crippen molar-refractivity contribution in [2.45, 2.75) is 6.61 Å². The molecule has 1 atom stereocenters. The molecule has 0 saturated heterocycles. The standard InChI is InChI=1S/C15H15NO3Si/c1-2-20(14-9-4-3-5-10-14)19-12-13-8-6-7-11-15(13)16(17)18/h2-11,20H,1,12H2. The third kappa shape index (κ3) is 3.40. The number of hydrogen-bond donors (Lipinski definition) is 0. The maximum atomic E-state index is 10.9. The second-order valence-electron chi connectivity index (χ2n) is 4.26. The molecule has 0 amide bonds. The number of benzene rings is 2. The van der Waals surface area contributed by atoms with E-state index in [-0.39, 0.29) is 17.2 Å². The number of para-hydroxylation sites is 1. The van der Waals surface area contributed by atoms with E-state index in [0.29, 0.717) is 5.56 Å². The molecule has 0 saturated carbocycles. The quantitative estimate of drug-likeness (QED) is 0.465. The zero-order chi connectivity index (χ0) is 14.4. The number of nitro groups is 1. The summed E-state index contributed by atoms with van der Waals surface area (Å²) in [5, 5.41) is 12.1. The lowest BCUT2D eigenvalue weighted by molar-refractivity contribution is -0.385. The molecular formula is C15H15NO3Si. The van der Waals surface area contributed by atoms with Gasteiger partial charge in [0.05, 0.1) is 17.1 Å². The van der Waals surface area contributed by atoms with Crippen LogP contribution in [0.5, 0.6) is 0 Å². The predicted octanol–water partition coefficient (Wildman–Crippen LogP) is 2.47. The van der Waals surface area contributed by atoms with E-state index in [0.717, 1.165) is 5.19 Å². The van der Waals surface area contributed by atoms with Crippen LogP contribution in [0.2, 0.25) is 0 Å². The fourth-order valence-corrected chi connectivity index (χ4v) is 3.50. The van der Waals surface area contributed by atoms with Crippen LogP contribution in [-0.4, -0.2) is 14.0 Å². The number of hydrogen-bond acceptors (Lipinski definition) is 3. The van der Waals surface area contributed by atoms with Gasteiger partial charge in [0.25, 0.3) is 5.69 Å². The van der Waals surface area contributed by atoms with Crippen LogP contribution in [0.1, 0.15) is 5.56 Å². The second kappa shape index (κ2) is 6.79. The zero-order valence-electron chi connectivity index (χ0n) is 10.9. The van der Waals surface area contributed by atoms with Gasteiger partial charge < -0.3 is 4.43 Å². The van der Waals surface area contributed by atoms with Gasteiger partial charge in [0.1, 0.15) is 0 Å². The summed E-state index contributed by atoms with van der Waals surface area (Å²) >= 11 is 0. The molecule has 0 aromatic heterocycles. The summed E-state index contributed by atoms with van der Waals surface area (Å²) < 4.78 is 5.87. The summed E-state index contributed by atoms with van der Waals surface area (Å²) in [4.78, 5) is 10.6. The van der Waals surface area contributed by atoms with Crippen LogP contribution < -0.4 is 5.19 Å². The van der Waals surface area contributed by atoms with Gasteiger partial charge in [0.2, 0.25) is 9.04 Å². The van der Waals surface area contributed by atoms with E-state index in [1.165, 1.54) is 6.07 Å². The molecule has 2 aromatic rings. The van der Waals surface area contributed by atoms with Gasteiger partial charge in [-0.3, -0.25) is 10.1 Å². The normalized spacial score (nSPS) is 11.8. The first-order valence-corrected chi connectivity index (χ1v) is 7.95. The molecule has 0 bridgehead atoms.